The third-order valence-electron chi connectivity index (χ3n) is 5.65. The lowest BCUT2D eigenvalue weighted by atomic mass is 10.1. The van der Waals surface area contributed by atoms with Gasteiger partial charge in [0.05, 0.1) is 18.6 Å². The Morgan fingerprint density at radius 3 is 2.66 bits per heavy atom. The molecule has 3 aromatic rings. The van der Waals surface area contributed by atoms with Gasteiger partial charge in [0.25, 0.3) is 11.6 Å². The van der Waals surface area contributed by atoms with Crippen LogP contribution in [0.15, 0.2) is 64.7 Å². The van der Waals surface area contributed by atoms with Gasteiger partial charge in [-0.1, -0.05) is 12.1 Å². The van der Waals surface area contributed by atoms with Crippen LogP contribution in [0.1, 0.15) is 27.4 Å². The van der Waals surface area contributed by atoms with Crippen molar-refractivity contribution in [3.05, 3.63) is 93.1 Å². The van der Waals surface area contributed by atoms with E-state index in [0.29, 0.717) is 16.9 Å². The second-order valence-electron chi connectivity index (χ2n) is 8.47. The van der Waals surface area contributed by atoms with E-state index in [-0.39, 0.29) is 36.1 Å². The average molecular weight is 520 g/mol. The molecule has 2 aromatic carbocycles. The molecule has 0 spiro atoms. The first-order valence-corrected chi connectivity index (χ1v) is 11.4. The SMILES string of the molecule is COC(=O)c1ccc(CN2C(=O)N/C(=C\c3ccc(N(C)C)cc3OCc3cccc([N+](=O)[O-])c3)C2=O)o1. The van der Waals surface area contributed by atoms with E-state index in [0.717, 1.165) is 10.6 Å². The first kappa shape index (κ1) is 25.9. The minimum absolute atomic E-state index is 0.0209. The summed E-state index contributed by atoms with van der Waals surface area (Å²) >= 11 is 0. The Kier molecular flexibility index (Phi) is 7.42. The normalized spacial score (nSPS) is 14.0. The Morgan fingerprint density at radius 1 is 1.16 bits per heavy atom. The number of anilines is 1. The number of carbonyl (C=O) groups excluding carboxylic acids is 3. The summed E-state index contributed by atoms with van der Waals surface area (Å²) in [4.78, 5) is 50.6. The summed E-state index contributed by atoms with van der Waals surface area (Å²) in [5, 5.41) is 13.6. The fourth-order valence-corrected chi connectivity index (χ4v) is 3.67. The van der Waals surface area contributed by atoms with Crippen LogP contribution in [0.5, 0.6) is 5.75 Å². The largest absolute Gasteiger partial charge is 0.488 e. The minimum atomic E-state index is -0.673. The van der Waals surface area contributed by atoms with Gasteiger partial charge >= 0.3 is 12.0 Å². The number of amides is 3. The second-order valence-corrected chi connectivity index (χ2v) is 8.47. The summed E-state index contributed by atoms with van der Waals surface area (Å²) in [6.45, 7) is -0.142. The van der Waals surface area contributed by atoms with Crippen molar-refractivity contribution in [1.29, 1.82) is 0 Å². The summed E-state index contributed by atoms with van der Waals surface area (Å²) < 4.78 is 16.0. The van der Waals surface area contributed by atoms with Crippen LogP contribution in [0, 0.1) is 10.1 Å². The fourth-order valence-electron chi connectivity index (χ4n) is 3.67. The minimum Gasteiger partial charge on any atom is -0.488 e. The van der Waals surface area contributed by atoms with Gasteiger partial charge in [0.2, 0.25) is 5.76 Å². The highest BCUT2D eigenvalue weighted by Gasteiger charge is 2.34. The Morgan fingerprint density at radius 2 is 1.95 bits per heavy atom. The molecule has 1 fully saturated rings. The molecule has 0 atom stereocenters. The van der Waals surface area contributed by atoms with Crippen LogP contribution in [-0.4, -0.2) is 48.9 Å². The lowest BCUT2D eigenvalue weighted by Crippen LogP contribution is -2.30. The van der Waals surface area contributed by atoms with Crippen LogP contribution in [-0.2, 0) is 22.7 Å². The highest BCUT2D eigenvalue weighted by atomic mass is 16.6. The molecule has 0 radical (unpaired) electrons. The molecule has 196 valence electrons. The van der Waals surface area contributed by atoms with Gasteiger partial charge in [-0.2, -0.15) is 0 Å². The molecule has 0 aliphatic carbocycles. The zero-order chi connectivity index (χ0) is 27.4. The molecule has 2 heterocycles. The lowest BCUT2D eigenvalue weighted by Gasteiger charge is -2.16. The first-order chi connectivity index (χ1) is 18.2. The van der Waals surface area contributed by atoms with E-state index in [9.17, 15) is 24.5 Å². The third kappa shape index (κ3) is 5.64. The number of imide groups is 1. The zero-order valence-corrected chi connectivity index (χ0v) is 20.8. The number of ether oxygens (including phenoxy) is 2. The maximum atomic E-state index is 13.0. The van der Waals surface area contributed by atoms with Gasteiger partial charge in [-0.05, 0) is 35.9 Å². The number of rotatable bonds is 9. The maximum absolute atomic E-state index is 13.0. The molecule has 1 aliphatic heterocycles. The molecule has 12 heteroatoms. The van der Waals surface area contributed by atoms with Gasteiger partial charge < -0.3 is 24.1 Å². The van der Waals surface area contributed by atoms with Crippen molar-refractivity contribution in [3.8, 4) is 5.75 Å². The number of nitro groups is 1. The Hall–Kier alpha value is -5.13. The maximum Gasteiger partial charge on any atom is 0.373 e. The highest BCUT2D eigenvalue weighted by Crippen LogP contribution is 2.29. The number of methoxy groups -OCH3 is 1. The van der Waals surface area contributed by atoms with Crippen molar-refractivity contribution < 1.29 is 33.2 Å². The zero-order valence-electron chi connectivity index (χ0n) is 20.8. The predicted octanol–water partition coefficient (Wildman–Crippen LogP) is 3.71. The van der Waals surface area contributed by atoms with E-state index < -0.39 is 22.8 Å². The number of nitrogens with one attached hydrogen (secondary N) is 1. The molecule has 0 unspecified atom stereocenters. The van der Waals surface area contributed by atoms with Gasteiger partial charge in [-0.3, -0.25) is 19.8 Å². The Labute approximate surface area is 217 Å². The molecule has 0 saturated carbocycles. The number of hydrogen-bond donors (Lipinski definition) is 1. The summed E-state index contributed by atoms with van der Waals surface area (Å²) in [7, 11) is 4.93. The van der Waals surface area contributed by atoms with Crippen molar-refractivity contribution >= 4 is 35.4 Å². The van der Waals surface area contributed by atoms with E-state index in [1.54, 1.807) is 24.3 Å². The van der Waals surface area contributed by atoms with Gasteiger partial charge in [0.1, 0.15) is 23.8 Å². The topological polar surface area (TPSA) is 144 Å². The molecule has 0 bridgehead atoms. The Bertz CT molecular complexity index is 1440. The molecule has 1 aromatic heterocycles. The van der Waals surface area contributed by atoms with Crippen LogP contribution >= 0.6 is 0 Å². The molecule has 4 rings (SSSR count). The summed E-state index contributed by atoms with van der Waals surface area (Å²) in [6.07, 6.45) is 1.49. The number of furan rings is 1. The average Bonchev–Trinajstić information content (AvgIpc) is 3.48. The molecular weight excluding hydrogens is 496 g/mol. The van der Waals surface area contributed by atoms with E-state index in [2.05, 4.69) is 10.1 Å². The fraction of sp³-hybridized carbons (Fsp3) is 0.192. The number of benzene rings is 2. The molecule has 1 N–H and O–H groups in total. The molecule has 1 aliphatic rings. The molecule has 12 nitrogen and oxygen atoms in total. The van der Waals surface area contributed by atoms with E-state index in [1.165, 1.54) is 37.5 Å². The number of non-ortho nitro benzene ring substituents is 1. The van der Waals surface area contributed by atoms with Crippen molar-refractivity contribution in [2.75, 3.05) is 26.1 Å². The highest BCUT2D eigenvalue weighted by molar-refractivity contribution is 6.14. The summed E-state index contributed by atoms with van der Waals surface area (Å²) in [6, 6.07) is 13.6. The van der Waals surface area contributed by atoms with Crippen LogP contribution in [0.2, 0.25) is 0 Å². The molecular formula is C26H24N4O8. The van der Waals surface area contributed by atoms with Gasteiger partial charge in [-0.25, -0.2) is 9.59 Å². The van der Waals surface area contributed by atoms with Crippen molar-refractivity contribution in [2.24, 2.45) is 0 Å². The van der Waals surface area contributed by atoms with Crippen LogP contribution < -0.4 is 15.0 Å². The summed E-state index contributed by atoms with van der Waals surface area (Å²) in [5.74, 6) is -0.673. The monoisotopic (exact) mass is 520 g/mol. The van der Waals surface area contributed by atoms with E-state index >= 15 is 0 Å². The smallest absolute Gasteiger partial charge is 0.373 e. The number of carbonyl (C=O) groups is 3. The van der Waals surface area contributed by atoms with Gasteiger partial charge in [0, 0.05) is 43.5 Å². The third-order valence-corrected chi connectivity index (χ3v) is 5.65. The lowest BCUT2D eigenvalue weighted by molar-refractivity contribution is -0.384. The van der Waals surface area contributed by atoms with Crippen molar-refractivity contribution in [3.63, 3.8) is 0 Å². The van der Waals surface area contributed by atoms with Crippen molar-refractivity contribution in [2.45, 2.75) is 13.2 Å². The molecule has 3 amide bonds. The van der Waals surface area contributed by atoms with E-state index in [1.807, 2.05) is 25.1 Å². The number of hydrogen-bond acceptors (Lipinski definition) is 9. The van der Waals surface area contributed by atoms with Gasteiger partial charge in [0.15, 0.2) is 0 Å². The quantitative estimate of drug-likeness (QED) is 0.147. The first-order valence-electron chi connectivity index (χ1n) is 11.4. The van der Waals surface area contributed by atoms with Crippen LogP contribution in [0.25, 0.3) is 6.08 Å². The number of urea groups is 1. The molecule has 38 heavy (non-hydrogen) atoms. The second kappa shape index (κ2) is 10.9. The number of nitrogens with zero attached hydrogens (tertiary/aromatic N) is 3. The summed E-state index contributed by atoms with van der Waals surface area (Å²) in [5.41, 5.74) is 1.90. The number of esters is 1. The Balaban J connectivity index is 1.57. The predicted molar refractivity (Wildman–Crippen MR) is 135 cm³/mol. The van der Waals surface area contributed by atoms with E-state index in [4.69, 9.17) is 9.15 Å². The van der Waals surface area contributed by atoms with Crippen LogP contribution in [0.4, 0.5) is 16.2 Å². The van der Waals surface area contributed by atoms with Crippen LogP contribution in [0.3, 0.4) is 0 Å². The number of nitro benzene ring substituents is 1. The standard InChI is InChI=1S/C26H24N4O8/c1-28(2)18-8-7-17(23(13-18)37-15-16-5-4-6-19(11-16)30(34)35)12-21-24(31)29(26(33)27-21)14-20-9-10-22(38-20)25(32)36-3/h4-13H,14-15H2,1-3H3,(H,27,33)/b21-12-. The molecule has 1 saturated heterocycles. The van der Waals surface area contributed by atoms with Crippen molar-refractivity contribution in [1.82, 2.24) is 10.2 Å². The van der Waals surface area contributed by atoms with Gasteiger partial charge in [-0.15, -0.1) is 0 Å².